The summed E-state index contributed by atoms with van der Waals surface area (Å²) in [4.78, 5) is 5.53. The van der Waals surface area contributed by atoms with Gasteiger partial charge in [-0.15, -0.1) is 22.7 Å². The van der Waals surface area contributed by atoms with E-state index < -0.39 is 0 Å². The molecule has 4 nitrogen and oxygen atoms in total. The lowest BCUT2D eigenvalue weighted by atomic mass is 10.1. The third-order valence-corrected chi connectivity index (χ3v) is 5.06. The van der Waals surface area contributed by atoms with Gasteiger partial charge in [0.05, 0.1) is 7.11 Å². The number of thiophene rings is 2. The zero-order chi connectivity index (χ0) is 13.2. The Hall–Kier alpha value is -1.47. The second-order valence-corrected chi connectivity index (χ2v) is 6.05. The first-order valence-electron chi connectivity index (χ1n) is 5.75. The highest BCUT2D eigenvalue weighted by Gasteiger charge is 2.20. The van der Waals surface area contributed by atoms with E-state index >= 15 is 0 Å². The van der Waals surface area contributed by atoms with Crippen molar-refractivity contribution >= 4 is 32.1 Å². The van der Waals surface area contributed by atoms with E-state index in [0.29, 0.717) is 0 Å². The van der Waals surface area contributed by atoms with Crippen LogP contribution in [0.3, 0.4) is 0 Å². The van der Waals surface area contributed by atoms with Crippen LogP contribution in [0.15, 0.2) is 35.8 Å². The summed E-state index contributed by atoms with van der Waals surface area (Å²) in [6.45, 7) is 0. The smallest absolute Gasteiger partial charge is 0.142 e. The standard InChI is InChI=1S/C13H13N3OS2/c1-17-8-3-2-5-15-12(8)13(16-14)11-7-10-9(19-11)4-6-18-10/h2-7,13,16H,14H2,1H3. The minimum Gasteiger partial charge on any atom is -0.495 e. The highest BCUT2D eigenvalue weighted by atomic mass is 32.1. The monoisotopic (exact) mass is 291 g/mol. The summed E-state index contributed by atoms with van der Waals surface area (Å²) in [6, 6.07) is 7.87. The number of nitrogens with one attached hydrogen (secondary N) is 1. The number of aromatic nitrogens is 1. The summed E-state index contributed by atoms with van der Waals surface area (Å²) >= 11 is 3.45. The van der Waals surface area contributed by atoms with Gasteiger partial charge in [-0.05, 0) is 29.6 Å². The van der Waals surface area contributed by atoms with Gasteiger partial charge in [-0.2, -0.15) is 0 Å². The third-order valence-electron chi connectivity index (χ3n) is 2.90. The van der Waals surface area contributed by atoms with E-state index in [1.807, 2.05) is 12.1 Å². The van der Waals surface area contributed by atoms with E-state index in [4.69, 9.17) is 10.6 Å². The van der Waals surface area contributed by atoms with E-state index in [-0.39, 0.29) is 6.04 Å². The molecule has 0 fully saturated rings. The minimum atomic E-state index is -0.152. The second kappa shape index (κ2) is 5.26. The van der Waals surface area contributed by atoms with Crippen LogP contribution in [0.4, 0.5) is 0 Å². The highest BCUT2D eigenvalue weighted by molar-refractivity contribution is 7.27. The maximum Gasteiger partial charge on any atom is 0.142 e. The Labute approximate surface area is 118 Å². The van der Waals surface area contributed by atoms with Gasteiger partial charge in [0.2, 0.25) is 0 Å². The zero-order valence-corrected chi connectivity index (χ0v) is 11.9. The average Bonchev–Trinajstić information content (AvgIpc) is 3.01. The molecule has 3 N–H and O–H groups in total. The van der Waals surface area contributed by atoms with Gasteiger partial charge in [0, 0.05) is 20.5 Å². The number of methoxy groups -OCH3 is 1. The molecule has 3 aromatic rings. The normalized spacial score (nSPS) is 12.7. The van der Waals surface area contributed by atoms with Crippen molar-refractivity contribution in [2.75, 3.05) is 7.11 Å². The summed E-state index contributed by atoms with van der Waals surface area (Å²) in [5, 5.41) is 2.09. The van der Waals surface area contributed by atoms with Crippen molar-refractivity contribution < 1.29 is 4.74 Å². The van der Waals surface area contributed by atoms with Gasteiger partial charge in [-0.1, -0.05) is 0 Å². The number of hydrogen-bond donors (Lipinski definition) is 2. The van der Waals surface area contributed by atoms with E-state index in [1.54, 1.807) is 36.0 Å². The van der Waals surface area contributed by atoms with Crippen molar-refractivity contribution in [3.05, 3.63) is 46.4 Å². The summed E-state index contributed by atoms with van der Waals surface area (Å²) in [5.74, 6) is 6.45. The maximum atomic E-state index is 5.72. The summed E-state index contributed by atoms with van der Waals surface area (Å²) in [7, 11) is 1.64. The first-order chi connectivity index (χ1) is 9.33. The molecule has 19 heavy (non-hydrogen) atoms. The second-order valence-electron chi connectivity index (χ2n) is 3.99. The van der Waals surface area contributed by atoms with Gasteiger partial charge in [0.1, 0.15) is 17.5 Å². The molecular formula is C13H13N3OS2. The van der Waals surface area contributed by atoms with E-state index in [9.17, 15) is 0 Å². The SMILES string of the molecule is COc1cccnc1C(NN)c1cc2sccc2s1. The van der Waals surface area contributed by atoms with Gasteiger partial charge < -0.3 is 4.74 Å². The Morgan fingerprint density at radius 2 is 2.26 bits per heavy atom. The van der Waals surface area contributed by atoms with Crippen LogP contribution in [0, 0.1) is 0 Å². The largest absolute Gasteiger partial charge is 0.495 e. The van der Waals surface area contributed by atoms with Crippen LogP contribution in [0.2, 0.25) is 0 Å². The topological polar surface area (TPSA) is 60.2 Å². The summed E-state index contributed by atoms with van der Waals surface area (Å²) in [6.07, 6.45) is 1.75. The molecule has 0 aromatic carbocycles. The first kappa shape index (κ1) is 12.6. The molecule has 0 aliphatic rings. The third kappa shape index (κ3) is 2.23. The lowest BCUT2D eigenvalue weighted by Gasteiger charge is -2.16. The van der Waals surface area contributed by atoms with Gasteiger partial charge in [0.15, 0.2) is 0 Å². The Kier molecular flexibility index (Phi) is 3.48. The molecule has 0 aliphatic carbocycles. The first-order valence-corrected chi connectivity index (χ1v) is 7.45. The van der Waals surface area contributed by atoms with Crippen molar-refractivity contribution in [1.29, 1.82) is 0 Å². The summed E-state index contributed by atoms with van der Waals surface area (Å²) < 4.78 is 7.90. The van der Waals surface area contributed by atoms with Gasteiger partial charge >= 0.3 is 0 Å². The molecule has 0 saturated carbocycles. The molecule has 98 valence electrons. The predicted octanol–water partition coefficient (Wildman–Crippen LogP) is 2.92. The Bertz CT molecular complexity index is 663. The predicted molar refractivity (Wildman–Crippen MR) is 79.7 cm³/mol. The average molecular weight is 291 g/mol. The molecular weight excluding hydrogens is 278 g/mol. The van der Waals surface area contributed by atoms with Crippen LogP contribution in [0.25, 0.3) is 9.40 Å². The fourth-order valence-corrected chi connectivity index (χ4v) is 4.20. The quantitative estimate of drug-likeness (QED) is 0.573. The van der Waals surface area contributed by atoms with Gasteiger partial charge in [-0.25, -0.2) is 5.43 Å². The zero-order valence-electron chi connectivity index (χ0n) is 10.3. The van der Waals surface area contributed by atoms with Crippen molar-refractivity contribution in [1.82, 2.24) is 10.4 Å². The molecule has 0 saturated heterocycles. The molecule has 1 atom stereocenters. The Morgan fingerprint density at radius 1 is 1.37 bits per heavy atom. The fourth-order valence-electron chi connectivity index (χ4n) is 2.01. The van der Waals surface area contributed by atoms with Crippen LogP contribution >= 0.6 is 22.7 Å². The number of hydrazine groups is 1. The lowest BCUT2D eigenvalue weighted by Crippen LogP contribution is -2.29. The Balaban J connectivity index is 2.06. The van der Waals surface area contributed by atoms with E-state index in [1.165, 1.54) is 9.40 Å². The number of ether oxygens (including phenoxy) is 1. The molecule has 0 amide bonds. The minimum absolute atomic E-state index is 0.152. The number of nitrogens with two attached hydrogens (primary N) is 1. The van der Waals surface area contributed by atoms with Gasteiger partial charge in [-0.3, -0.25) is 10.8 Å². The van der Waals surface area contributed by atoms with Crippen LogP contribution < -0.4 is 16.0 Å². The van der Waals surface area contributed by atoms with Crippen molar-refractivity contribution in [3.63, 3.8) is 0 Å². The number of pyridine rings is 1. The number of rotatable bonds is 4. The fraction of sp³-hybridized carbons (Fsp3) is 0.154. The number of fused-ring (bicyclic) bond motifs is 1. The molecule has 3 aromatic heterocycles. The molecule has 6 heteroatoms. The van der Waals surface area contributed by atoms with Crippen molar-refractivity contribution in [2.24, 2.45) is 5.84 Å². The molecule has 3 heterocycles. The van der Waals surface area contributed by atoms with Crippen LogP contribution in [-0.2, 0) is 0 Å². The molecule has 1 unspecified atom stereocenters. The Morgan fingerprint density at radius 3 is 3.00 bits per heavy atom. The van der Waals surface area contributed by atoms with E-state index in [2.05, 4.69) is 27.9 Å². The van der Waals surface area contributed by atoms with Crippen molar-refractivity contribution in [3.8, 4) is 5.75 Å². The molecule has 3 rings (SSSR count). The van der Waals surface area contributed by atoms with Crippen molar-refractivity contribution in [2.45, 2.75) is 6.04 Å². The van der Waals surface area contributed by atoms with Gasteiger partial charge in [0.25, 0.3) is 0 Å². The molecule has 0 bridgehead atoms. The number of nitrogens with zero attached hydrogens (tertiary/aromatic N) is 1. The molecule has 0 radical (unpaired) electrons. The van der Waals surface area contributed by atoms with E-state index in [0.717, 1.165) is 16.3 Å². The van der Waals surface area contributed by atoms with Crippen LogP contribution in [0.5, 0.6) is 5.75 Å². The summed E-state index contributed by atoms with van der Waals surface area (Å²) in [5.41, 5.74) is 3.64. The van der Waals surface area contributed by atoms with Crippen LogP contribution in [0.1, 0.15) is 16.6 Å². The molecule has 0 aliphatic heterocycles. The highest BCUT2D eigenvalue weighted by Crippen LogP contribution is 2.37. The molecule has 0 spiro atoms. The number of hydrogen-bond acceptors (Lipinski definition) is 6. The lowest BCUT2D eigenvalue weighted by molar-refractivity contribution is 0.401. The maximum absolute atomic E-state index is 5.72. The van der Waals surface area contributed by atoms with Crippen LogP contribution in [-0.4, -0.2) is 12.1 Å².